The van der Waals surface area contributed by atoms with E-state index in [0.717, 1.165) is 73.7 Å². The Hall–Kier alpha value is -4.79. The van der Waals surface area contributed by atoms with Crippen molar-refractivity contribution in [2.45, 2.75) is 97.1 Å². The lowest BCUT2D eigenvalue weighted by Crippen LogP contribution is -2.55. The Morgan fingerprint density at radius 3 is 2.43 bits per heavy atom. The number of allylic oxidation sites excluding steroid dienone is 4. The van der Waals surface area contributed by atoms with Gasteiger partial charge in [-0.05, 0) is 87.4 Å². The van der Waals surface area contributed by atoms with Crippen LogP contribution in [0.15, 0.2) is 60.3 Å². The van der Waals surface area contributed by atoms with Gasteiger partial charge in [-0.1, -0.05) is 57.7 Å². The number of hydrogen-bond acceptors (Lipinski definition) is 4. The van der Waals surface area contributed by atoms with Crippen LogP contribution in [0.25, 0.3) is 27.4 Å². The molecule has 2 aromatic heterocycles. The fourth-order valence-electron chi connectivity index (χ4n) is 8.14. The predicted molar refractivity (Wildman–Crippen MR) is 197 cm³/mol. The summed E-state index contributed by atoms with van der Waals surface area (Å²) >= 11 is 0. The third-order valence-corrected chi connectivity index (χ3v) is 10.5. The number of anilines is 1. The third-order valence-electron chi connectivity index (χ3n) is 10.5. The Morgan fingerprint density at radius 2 is 1.76 bits per heavy atom. The summed E-state index contributed by atoms with van der Waals surface area (Å²) in [4.78, 5) is 39.7. The number of aryl methyl sites for hydroxylation is 1. The molecule has 4 aromatic rings. The highest BCUT2D eigenvalue weighted by atomic mass is 16.4. The number of amides is 2. The number of carboxylic acids is 1. The van der Waals surface area contributed by atoms with E-state index in [0.29, 0.717) is 30.0 Å². The number of carboxylic acid groups (broad SMARTS) is 1. The molecule has 0 saturated heterocycles. The molecule has 6 rings (SSSR count). The van der Waals surface area contributed by atoms with Gasteiger partial charge in [-0.2, -0.15) is 0 Å². The quantitative estimate of drug-likeness (QED) is 0.129. The van der Waals surface area contributed by atoms with Crippen molar-refractivity contribution in [3.63, 3.8) is 0 Å². The maximum atomic E-state index is 14.1. The van der Waals surface area contributed by atoms with E-state index < -0.39 is 11.5 Å². The van der Waals surface area contributed by atoms with Gasteiger partial charge in [-0.25, -0.2) is 4.79 Å². The van der Waals surface area contributed by atoms with Crippen LogP contribution in [0.5, 0.6) is 0 Å². The number of rotatable bonds is 11. The van der Waals surface area contributed by atoms with Gasteiger partial charge in [0.25, 0.3) is 5.91 Å². The van der Waals surface area contributed by atoms with Crippen LogP contribution in [0.2, 0.25) is 0 Å². The van der Waals surface area contributed by atoms with Crippen LogP contribution in [0.4, 0.5) is 5.69 Å². The zero-order valence-electron chi connectivity index (χ0n) is 29.4. The van der Waals surface area contributed by atoms with Crippen molar-refractivity contribution < 1.29 is 19.5 Å². The Kier molecular flexibility index (Phi) is 9.72. The van der Waals surface area contributed by atoms with Crippen LogP contribution in [-0.4, -0.2) is 44.1 Å². The van der Waals surface area contributed by atoms with Gasteiger partial charge in [-0.3, -0.25) is 9.59 Å². The van der Waals surface area contributed by atoms with Crippen molar-refractivity contribution >= 4 is 50.9 Å². The van der Waals surface area contributed by atoms with Crippen LogP contribution in [0.1, 0.15) is 117 Å². The van der Waals surface area contributed by atoms with Gasteiger partial charge < -0.3 is 30.2 Å². The molecule has 0 atom stereocenters. The van der Waals surface area contributed by atoms with E-state index in [9.17, 15) is 19.5 Å². The number of nitrogens with one attached hydrogen (secondary N) is 3. The SMILES string of the molecule is C/C=C\C1=C(C)NCCn2c1c(C(CCC)CCC)c1ccc(C(=O)NC3(C(=O)Nc4ccc5c(c4)cc(C(=O)O)n5C)CCCC3)cc12. The van der Waals surface area contributed by atoms with E-state index in [1.54, 1.807) is 35.9 Å². The van der Waals surface area contributed by atoms with Crippen molar-refractivity contribution in [3.05, 3.63) is 82.8 Å². The lowest BCUT2D eigenvalue weighted by molar-refractivity contribution is -0.122. The fraction of sp³-hybridized carbons (Fsp3) is 0.425. The molecule has 9 heteroatoms. The molecule has 1 aliphatic heterocycles. The van der Waals surface area contributed by atoms with Crippen molar-refractivity contribution in [1.29, 1.82) is 0 Å². The Labute approximate surface area is 288 Å². The van der Waals surface area contributed by atoms with Gasteiger partial charge in [0, 0.05) is 64.5 Å². The molecule has 2 amide bonds. The number of carbonyl (C=O) groups excluding carboxylic acids is 2. The zero-order chi connectivity index (χ0) is 34.9. The normalized spacial score (nSPS) is 16.0. The number of aromatic carboxylic acids is 1. The molecule has 2 aromatic carbocycles. The average Bonchev–Trinajstić information content (AvgIpc) is 3.75. The maximum Gasteiger partial charge on any atom is 0.352 e. The van der Waals surface area contributed by atoms with Crippen molar-refractivity contribution in [3.8, 4) is 0 Å². The molecule has 1 saturated carbocycles. The summed E-state index contributed by atoms with van der Waals surface area (Å²) in [5.74, 6) is -1.11. The first-order chi connectivity index (χ1) is 23.6. The monoisotopic (exact) mass is 663 g/mol. The van der Waals surface area contributed by atoms with E-state index in [1.807, 2.05) is 12.1 Å². The van der Waals surface area contributed by atoms with Crippen LogP contribution in [0, 0.1) is 0 Å². The van der Waals surface area contributed by atoms with Gasteiger partial charge in [-0.15, -0.1) is 0 Å². The number of carbonyl (C=O) groups is 3. The topological polar surface area (TPSA) is 117 Å². The van der Waals surface area contributed by atoms with E-state index in [2.05, 4.69) is 66.4 Å². The summed E-state index contributed by atoms with van der Waals surface area (Å²) in [6.45, 7) is 10.3. The van der Waals surface area contributed by atoms with Crippen molar-refractivity contribution in [2.75, 3.05) is 11.9 Å². The van der Waals surface area contributed by atoms with E-state index >= 15 is 0 Å². The molecular formula is C40H49N5O4. The first-order valence-electron chi connectivity index (χ1n) is 17.8. The molecule has 0 spiro atoms. The summed E-state index contributed by atoms with van der Waals surface area (Å²) < 4.78 is 4.01. The molecule has 49 heavy (non-hydrogen) atoms. The Bertz CT molecular complexity index is 1980. The number of benzene rings is 2. The van der Waals surface area contributed by atoms with Crippen LogP contribution < -0.4 is 16.0 Å². The lowest BCUT2D eigenvalue weighted by atomic mass is 9.86. The van der Waals surface area contributed by atoms with Gasteiger partial charge in [0.15, 0.2) is 0 Å². The lowest BCUT2D eigenvalue weighted by Gasteiger charge is -2.29. The molecular weight excluding hydrogens is 614 g/mol. The predicted octanol–water partition coefficient (Wildman–Crippen LogP) is 8.11. The highest BCUT2D eigenvalue weighted by Gasteiger charge is 2.43. The van der Waals surface area contributed by atoms with E-state index in [-0.39, 0.29) is 17.5 Å². The van der Waals surface area contributed by atoms with Gasteiger partial charge >= 0.3 is 5.97 Å². The second-order valence-corrected chi connectivity index (χ2v) is 13.8. The molecule has 2 aliphatic rings. The summed E-state index contributed by atoms with van der Waals surface area (Å²) in [6.07, 6.45) is 11.5. The smallest absolute Gasteiger partial charge is 0.352 e. The molecule has 9 nitrogen and oxygen atoms in total. The third kappa shape index (κ3) is 6.27. The molecule has 1 fully saturated rings. The molecule has 0 bridgehead atoms. The van der Waals surface area contributed by atoms with Crippen LogP contribution in [0.3, 0.4) is 0 Å². The van der Waals surface area contributed by atoms with Gasteiger partial charge in [0.2, 0.25) is 5.91 Å². The summed E-state index contributed by atoms with van der Waals surface area (Å²) in [5.41, 5.74) is 7.03. The summed E-state index contributed by atoms with van der Waals surface area (Å²) in [7, 11) is 1.71. The zero-order valence-corrected chi connectivity index (χ0v) is 29.4. The number of fused-ring (bicyclic) bond motifs is 4. The van der Waals surface area contributed by atoms with Crippen molar-refractivity contribution in [2.24, 2.45) is 7.05 Å². The number of hydrogen-bond donors (Lipinski definition) is 4. The minimum atomic E-state index is -1.04. The second-order valence-electron chi connectivity index (χ2n) is 13.8. The fourth-order valence-corrected chi connectivity index (χ4v) is 8.14. The number of nitrogens with zero attached hydrogens (tertiary/aromatic N) is 2. The Morgan fingerprint density at radius 1 is 1.02 bits per heavy atom. The first kappa shape index (κ1) is 34.1. The molecule has 0 radical (unpaired) electrons. The first-order valence-corrected chi connectivity index (χ1v) is 17.8. The van der Waals surface area contributed by atoms with E-state index in [4.69, 9.17) is 0 Å². The standard InChI is InChI=1S/C40H49N5O4/c1-6-11-26(12-7-2)35-31-16-14-27(23-33(31)45-21-20-41-25(4)30(13-8-3)36(35)45)37(46)43-40(18-9-10-19-40)39(49)42-29-15-17-32-28(22-29)24-34(38(47)48)44(32)5/h8,13-17,22-24,26,41H,6-7,9-12,18-21H2,1-5H3,(H,42,49)(H,43,46)(H,47,48)/b13-8-. The van der Waals surface area contributed by atoms with Gasteiger partial charge in [0.1, 0.15) is 11.2 Å². The maximum absolute atomic E-state index is 14.1. The highest BCUT2D eigenvalue weighted by Crippen LogP contribution is 2.42. The van der Waals surface area contributed by atoms with Crippen LogP contribution in [-0.2, 0) is 18.4 Å². The minimum absolute atomic E-state index is 0.175. The average molecular weight is 664 g/mol. The highest BCUT2D eigenvalue weighted by molar-refractivity contribution is 6.06. The summed E-state index contributed by atoms with van der Waals surface area (Å²) in [5, 5.41) is 21.3. The molecule has 258 valence electrons. The Balaban J connectivity index is 1.35. The van der Waals surface area contributed by atoms with Gasteiger partial charge in [0.05, 0.1) is 5.69 Å². The van der Waals surface area contributed by atoms with Crippen molar-refractivity contribution in [1.82, 2.24) is 19.8 Å². The largest absolute Gasteiger partial charge is 0.477 e. The molecule has 1 aliphatic carbocycles. The molecule has 4 N–H and O–H groups in total. The minimum Gasteiger partial charge on any atom is -0.477 e. The summed E-state index contributed by atoms with van der Waals surface area (Å²) in [6, 6.07) is 13.0. The van der Waals surface area contributed by atoms with E-state index in [1.165, 1.54) is 22.2 Å². The molecule has 3 heterocycles. The number of aromatic nitrogens is 2. The second kappa shape index (κ2) is 14.0. The molecule has 0 unspecified atom stereocenters. The van der Waals surface area contributed by atoms with Crippen LogP contribution >= 0.6 is 0 Å².